The van der Waals surface area contributed by atoms with Gasteiger partial charge in [0, 0.05) is 30.0 Å². The topological polar surface area (TPSA) is 98.8 Å². The van der Waals surface area contributed by atoms with Crippen molar-refractivity contribution in [2.45, 2.75) is 40.0 Å². The quantitative estimate of drug-likeness (QED) is 0.586. The van der Waals surface area contributed by atoms with Crippen LogP contribution in [-0.2, 0) is 19.1 Å². The largest absolute Gasteiger partial charge is 0.461 e. The maximum atomic E-state index is 11.8. The molecule has 6 nitrogen and oxygen atoms in total. The molecule has 0 radical (unpaired) electrons. The van der Waals surface area contributed by atoms with Crippen molar-refractivity contribution < 1.29 is 19.1 Å². The Morgan fingerprint density at radius 1 is 1.33 bits per heavy atom. The highest BCUT2D eigenvalue weighted by molar-refractivity contribution is 6.21. The SMILES string of the molecule is CCOC(=O)/C(N)=C1\CC(=O)CC1=NCC(=O)C(C)CC. The van der Waals surface area contributed by atoms with Gasteiger partial charge < -0.3 is 10.5 Å². The number of rotatable bonds is 6. The van der Waals surface area contributed by atoms with Crippen molar-refractivity contribution in [1.29, 1.82) is 0 Å². The Labute approximate surface area is 124 Å². The van der Waals surface area contributed by atoms with Crippen LogP contribution in [0.15, 0.2) is 16.3 Å². The maximum absolute atomic E-state index is 11.8. The van der Waals surface area contributed by atoms with Crippen LogP contribution in [0, 0.1) is 5.92 Å². The third kappa shape index (κ3) is 4.51. The summed E-state index contributed by atoms with van der Waals surface area (Å²) in [6.45, 7) is 5.66. The molecule has 0 bridgehead atoms. The molecule has 6 heteroatoms. The molecule has 1 rings (SSSR count). The highest BCUT2D eigenvalue weighted by atomic mass is 16.5. The van der Waals surface area contributed by atoms with Crippen molar-refractivity contribution in [3.05, 3.63) is 11.3 Å². The Balaban J connectivity index is 2.93. The number of hydrogen-bond acceptors (Lipinski definition) is 6. The number of allylic oxidation sites excluding steroid dienone is 1. The van der Waals surface area contributed by atoms with Gasteiger partial charge in [0.1, 0.15) is 11.5 Å². The lowest BCUT2D eigenvalue weighted by Gasteiger charge is -2.07. The molecule has 0 aromatic rings. The molecule has 0 aliphatic heterocycles. The summed E-state index contributed by atoms with van der Waals surface area (Å²) in [5.41, 5.74) is 6.49. The van der Waals surface area contributed by atoms with Crippen molar-refractivity contribution in [3.63, 3.8) is 0 Å². The van der Waals surface area contributed by atoms with Crippen LogP contribution in [-0.4, -0.2) is 36.4 Å². The highest BCUT2D eigenvalue weighted by Crippen LogP contribution is 2.21. The first-order chi connectivity index (χ1) is 9.90. The molecule has 0 spiro atoms. The number of hydrogen-bond donors (Lipinski definition) is 1. The fourth-order valence-electron chi connectivity index (χ4n) is 1.95. The number of aliphatic imine (C=N–C) groups is 1. The number of esters is 1. The molecule has 1 saturated carbocycles. The molecular formula is C15H22N2O4. The highest BCUT2D eigenvalue weighted by Gasteiger charge is 2.28. The normalized spacial score (nSPS) is 20.5. The van der Waals surface area contributed by atoms with E-state index in [0.29, 0.717) is 11.3 Å². The predicted molar refractivity (Wildman–Crippen MR) is 78.9 cm³/mol. The van der Waals surface area contributed by atoms with Crippen LogP contribution in [0.25, 0.3) is 0 Å². The van der Waals surface area contributed by atoms with E-state index in [4.69, 9.17) is 10.5 Å². The van der Waals surface area contributed by atoms with Gasteiger partial charge in [-0.3, -0.25) is 14.6 Å². The van der Waals surface area contributed by atoms with Crippen LogP contribution in [0.1, 0.15) is 40.0 Å². The zero-order valence-corrected chi connectivity index (χ0v) is 12.8. The lowest BCUT2D eigenvalue weighted by Crippen LogP contribution is -2.20. The van der Waals surface area contributed by atoms with Gasteiger partial charge in [-0.25, -0.2) is 4.79 Å². The number of ether oxygens (including phenoxy) is 1. The first-order valence-electron chi connectivity index (χ1n) is 7.14. The zero-order valence-electron chi connectivity index (χ0n) is 12.8. The molecule has 1 aliphatic rings. The van der Waals surface area contributed by atoms with E-state index < -0.39 is 5.97 Å². The van der Waals surface area contributed by atoms with Crippen LogP contribution in [0.3, 0.4) is 0 Å². The number of nitrogens with zero attached hydrogens (tertiary/aromatic N) is 1. The summed E-state index contributed by atoms with van der Waals surface area (Å²) in [6, 6.07) is 0. The molecule has 0 heterocycles. The number of carbonyl (C=O) groups excluding carboxylic acids is 3. The molecule has 1 unspecified atom stereocenters. The van der Waals surface area contributed by atoms with E-state index in [1.54, 1.807) is 6.92 Å². The smallest absolute Gasteiger partial charge is 0.354 e. The number of nitrogens with two attached hydrogens (primary N) is 1. The summed E-state index contributed by atoms with van der Waals surface area (Å²) in [6.07, 6.45) is 0.931. The monoisotopic (exact) mass is 294 g/mol. The Kier molecular flexibility index (Phi) is 6.27. The first kappa shape index (κ1) is 17.1. The van der Waals surface area contributed by atoms with Crippen molar-refractivity contribution in [1.82, 2.24) is 0 Å². The zero-order chi connectivity index (χ0) is 16.0. The third-order valence-electron chi connectivity index (χ3n) is 3.50. The number of ketones is 2. The minimum atomic E-state index is -0.650. The second kappa shape index (κ2) is 7.71. The summed E-state index contributed by atoms with van der Waals surface area (Å²) < 4.78 is 4.83. The average molecular weight is 294 g/mol. The van der Waals surface area contributed by atoms with Crippen molar-refractivity contribution in [2.75, 3.05) is 13.2 Å². The van der Waals surface area contributed by atoms with Crippen LogP contribution >= 0.6 is 0 Å². The second-order valence-electron chi connectivity index (χ2n) is 5.04. The molecule has 0 amide bonds. The van der Waals surface area contributed by atoms with Gasteiger partial charge in [-0.05, 0) is 13.3 Å². The molecule has 1 aliphatic carbocycles. The van der Waals surface area contributed by atoms with E-state index in [9.17, 15) is 14.4 Å². The summed E-state index contributed by atoms with van der Waals surface area (Å²) in [5, 5.41) is 0. The molecule has 1 fully saturated rings. The summed E-state index contributed by atoms with van der Waals surface area (Å²) in [7, 11) is 0. The van der Waals surface area contributed by atoms with Gasteiger partial charge in [0.2, 0.25) is 0 Å². The Hall–Kier alpha value is -1.98. The van der Waals surface area contributed by atoms with E-state index in [-0.39, 0.29) is 49.2 Å². The lowest BCUT2D eigenvalue weighted by atomic mass is 10.0. The Morgan fingerprint density at radius 3 is 2.57 bits per heavy atom. The Bertz CT molecular complexity index is 506. The second-order valence-corrected chi connectivity index (χ2v) is 5.04. The molecule has 116 valence electrons. The molecule has 2 N–H and O–H groups in total. The van der Waals surface area contributed by atoms with Gasteiger partial charge in [0.25, 0.3) is 0 Å². The molecule has 0 aromatic carbocycles. The van der Waals surface area contributed by atoms with Gasteiger partial charge >= 0.3 is 5.97 Å². The summed E-state index contributed by atoms with van der Waals surface area (Å²) in [5.74, 6) is -0.769. The molecule has 0 aromatic heterocycles. The van der Waals surface area contributed by atoms with Gasteiger partial charge in [0.15, 0.2) is 5.78 Å². The molecule has 1 atom stereocenters. The Morgan fingerprint density at radius 2 is 2.00 bits per heavy atom. The van der Waals surface area contributed by atoms with E-state index in [0.717, 1.165) is 6.42 Å². The van der Waals surface area contributed by atoms with Crippen molar-refractivity contribution in [2.24, 2.45) is 16.6 Å². The van der Waals surface area contributed by atoms with E-state index >= 15 is 0 Å². The van der Waals surface area contributed by atoms with E-state index in [2.05, 4.69) is 4.99 Å². The van der Waals surface area contributed by atoms with E-state index in [1.807, 2.05) is 13.8 Å². The maximum Gasteiger partial charge on any atom is 0.354 e. The van der Waals surface area contributed by atoms with Crippen LogP contribution in [0.4, 0.5) is 0 Å². The average Bonchev–Trinajstić information content (AvgIpc) is 2.84. The van der Waals surface area contributed by atoms with E-state index in [1.165, 1.54) is 0 Å². The predicted octanol–water partition coefficient (Wildman–Crippen LogP) is 1.18. The fraction of sp³-hybridized carbons (Fsp3) is 0.600. The molecular weight excluding hydrogens is 272 g/mol. The molecule has 0 saturated heterocycles. The first-order valence-corrected chi connectivity index (χ1v) is 7.14. The fourth-order valence-corrected chi connectivity index (χ4v) is 1.95. The van der Waals surface area contributed by atoms with Crippen molar-refractivity contribution in [3.8, 4) is 0 Å². The van der Waals surface area contributed by atoms with Gasteiger partial charge in [0.05, 0.1) is 13.2 Å². The standard InChI is InChI=1S/C15H22N2O4/c1-4-9(3)13(19)8-17-12-7-10(18)6-11(12)14(16)15(20)21-5-2/h9H,4-8,16H2,1-3H3/b14-11-,17-12?. The summed E-state index contributed by atoms with van der Waals surface area (Å²) in [4.78, 5) is 39.2. The minimum Gasteiger partial charge on any atom is -0.461 e. The lowest BCUT2D eigenvalue weighted by molar-refractivity contribution is -0.138. The van der Waals surface area contributed by atoms with Gasteiger partial charge in [-0.1, -0.05) is 13.8 Å². The number of Topliss-reactive ketones (excluding diaryl/α,β-unsaturated/α-hetero) is 2. The van der Waals surface area contributed by atoms with Crippen LogP contribution < -0.4 is 5.73 Å². The molecule has 21 heavy (non-hydrogen) atoms. The van der Waals surface area contributed by atoms with Gasteiger partial charge in [-0.15, -0.1) is 0 Å². The summed E-state index contributed by atoms with van der Waals surface area (Å²) >= 11 is 0. The minimum absolute atomic E-state index is 0.0111. The van der Waals surface area contributed by atoms with Gasteiger partial charge in [-0.2, -0.15) is 0 Å². The van der Waals surface area contributed by atoms with Crippen molar-refractivity contribution >= 4 is 23.2 Å². The third-order valence-corrected chi connectivity index (χ3v) is 3.50. The van der Waals surface area contributed by atoms with Crippen LogP contribution in [0.2, 0.25) is 0 Å². The number of carbonyl (C=O) groups is 3. The van der Waals surface area contributed by atoms with Crippen LogP contribution in [0.5, 0.6) is 0 Å².